The second kappa shape index (κ2) is 8.50. The Morgan fingerprint density at radius 2 is 2.14 bits per heavy atom. The van der Waals surface area contributed by atoms with E-state index in [0.29, 0.717) is 6.54 Å². The van der Waals surface area contributed by atoms with Crippen LogP contribution in [0.25, 0.3) is 0 Å². The summed E-state index contributed by atoms with van der Waals surface area (Å²) in [7, 11) is 0. The fourth-order valence-corrected chi connectivity index (χ4v) is 3.07. The highest BCUT2D eigenvalue weighted by atomic mass is 16.5. The van der Waals surface area contributed by atoms with Gasteiger partial charge in [0.2, 0.25) is 5.91 Å². The number of carbonyl (C=O) groups excluding carboxylic acids is 1. The molecule has 1 aliphatic rings. The molecule has 0 bridgehead atoms. The molecule has 4 N–H and O–H groups in total. The number of aliphatic hydroxyl groups is 2. The lowest BCUT2D eigenvalue weighted by atomic mass is 9.97. The van der Waals surface area contributed by atoms with Crippen LogP contribution < -0.4 is 16.6 Å². The summed E-state index contributed by atoms with van der Waals surface area (Å²) < 4.78 is 8.41. The topological polar surface area (TPSA) is 151 Å². The van der Waals surface area contributed by atoms with Crippen LogP contribution in [-0.4, -0.2) is 66.4 Å². The third kappa shape index (κ3) is 4.55. The molecule has 1 fully saturated rings. The number of rotatable bonds is 6. The lowest BCUT2D eigenvalue weighted by Crippen LogP contribution is -2.60. The molecule has 3 heterocycles. The summed E-state index contributed by atoms with van der Waals surface area (Å²) >= 11 is 0. The smallest absolute Gasteiger partial charge is 0.328 e. The van der Waals surface area contributed by atoms with Crippen molar-refractivity contribution in [3.8, 4) is 0 Å². The van der Waals surface area contributed by atoms with E-state index in [4.69, 9.17) is 4.74 Å². The van der Waals surface area contributed by atoms with Crippen LogP contribution in [0.15, 0.2) is 34.1 Å². The van der Waals surface area contributed by atoms with Crippen molar-refractivity contribution < 1.29 is 19.7 Å². The van der Waals surface area contributed by atoms with Gasteiger partial charge >= 0.3 is 5.69 Å². The quantitative estimate of drug-likeness (QED) is 0.432. The summed E-state index contributed by atoms with van der Waals surface area (Å²) in [4.78, 5) is 37.1. The zero-order chi connectivity index (χ0) is 20.3. The van der Waals surface area contributed by atoms with Crippen molar-refractivity contribution in [3.05, 3.63) is 51.1 Å². The fourth-order valence-electron chi connectivity index (χ4n) is 3.07. The fraction of sp³-hybridized carbons (Fsp3) is 0.529. The summed E-state index contributed by atoms with van der Waals surface area (Å²) in [5, 5.41) is 27.4. The van der Waals surface area contributed by atoms with Crippen LogP contribution in [0, 0.1) is 6.92 Å². The Bertz CT molecular complexity index is 934. The molecule has 2 aromatic rings. The summed E-state index contributed by atoms with van der Waals surface area (Å²) in [6, 6.07) is 2.24. The van der Waals surface area contributed by atoms with Crippen molar-refractivity contribution in [2.24, 2.45) is 0 Å². The molecule has 0 unspecified atom stereocenters. The number of aromatic amines is 1. The van der Waals surface area contributed by atoms with Crippen LogP contribution in [0.5, 0.6) is 0 Å². The van der Waals surface area contributed by atoms with E-state index in [1.807, 2.05) is 13.0 Å². The van der Waals surface area contributed by atoms with Crippen molar-refractivity contribution in [1.82, 2.24) is 24.6 Å². The van der Waals surface area contributed by atoms with Gasteiger partial charge in [0.05, 0.1) is 19.2 Å². The van der Waals surface area contributed by atoms with Crippen LogP contribution >= 0.6 is 0 Å². The van der Waals surface area contributed by atoms with Gasteiger partial charge < -0.3 is 20.3 Å². The number of hydrogen-bond acceptors (Lipinski definition) is 7. The highest BCUT2D eigenvalue weighted by Gasteiger charge is 2.39. The monoisotopic (exact) mass is 393 g/mol. The first-order chi connectivity index (χ1) is 13.3. The van der Waals surface area contributed by atoms with Gasteiger partial charge in [-0.3, -0.25) is 23.8 Å². The number of amides is 1. The van der Waals surface area contributed by atoms with Gasteiger partial charge in [0.1, 0.15) is 18.3 Å². The predicted molar refractivity (Wildman–Crippen MR) is 96.6 cm³/mol. The summed E-state index contributed by atoms with van der Waals surface area (Å²) in [5.74, 6) is -0.301. The average molecular weight is 393 g/mol. The van der Waals surface area contributed by atoms with Crippen LogP contribution in [0.4, 0.5) is 0 Å². The van der Waals surface area contributed by atoms with Gasteiger partial charge in [-0.05, 0) is 13.0 Å². The molecule has 0 radical (unpaired) electrons. The van der Waals surface area contributed by atoms with Crippen molar-refractivity contribution >= 4 is 5.91 Å². The largest absolute Gasteiger partial charge is 0.388 e. The SMILES string of the molecule is Cc1ccnn1CCC(=O)N[C@@H]1CO[C@H](Cn2ccc(=O)[nH]c2=O)[C@@H](O)[C@H]1O. The minimum Gasteiger partial charge on any atom is -0.388 e. The zero-order valence-electron chi connectivity index (χ0n) is 15.3. The molecule has 0 aromatic carbocycles. The Hall–Kier alpha value is -2.76. The molecule has 11 heteroatoms. The Balaban J connectivity index is 1.54. The van der Waals surface area contributed by atoms with Crippen molar-refractivity contribution in [2.75, 3.05) is 6.61 Å². The Morgan fingerprint density at radius 1 is 1.36 bits per heavy atom. The molecular formula is C17H23N5O6. The van der Waals surface area contributed by atoms with Crippen molar-refractivity contribution in [1.29, 1.82) is 0 Å². The number of carbonyl (C=O) groups is 1. The summed E-state index contributed by atoms with van der Waals surface area (Å²) in [6.07, 6.45) is -0.333. The predicted octanol–water partition coefficient (Wildman–Crippen LogP) is -2.26. The van der Waals surface area contributed by atoms with Crippen LogP contribution in [0.3, 0.4) is 0 Å². The molecule has 0 saturated carbocycles. The first kappa shape index (κ1) is 20.0. The number of aromatic nitrogens is 4. The maximum atomic E-state index is 12.1. The van der Waals surface area contributed by atoms with E-state index in [-0.39, 0.29) is 25.5 Å². The van der Waals surface area contributed by atoms with Crippen molar-refractivity contribution in [3.63, 3.8) is 0 Å². The van der Waals surface area contributed by atoms with E-state index < -0.39 is 35.6 Å². The lowest BCUT2D eigenvalue weighted by molar-refractivity contribution is -0.158. The number of aryl methyl sites for hydroxylation is 2. The van der Waals surface area contributed by atoms with Crippen LogP contribution in [0.1, 0.15) is 12.1 Å². The molecule has 28 heavy (non-hydrogen) atoms. The minimum atomic E-state index is -1.31. The van der Waals surface area contributed by atoms with E-state index in [9.17, 15) is 24.6 Å². The molecular weight excluding hydrogens is 370 g/mol. The lowest BCUT2D eigenvalue weighted by Gasteiger charge is -2.38. The summed E-state index contributed by atoms with van der Waals surface area (Å²) in [6.45, 7) is 2.21. The molecule has 1 saturated heterocycles. The van der Waals surface area contributed by atoms with E-state index in [0.717, 1.165) is 5.69 Å². The van der Waals surface area contributed by atoms with E-state index >= 15 is 0 Å². The number of nitrogens with zero attached hydrogens (tertiary/aromatic N) is 3. The molecule has 3 rings (SSSR count). The number of hydrogen-bond donors (Lipinski definition) is 4. The number of H-pyrrole nitrogens is 1. The molecule has 11 nitrogen and oxygen atoms in total. The number of nitrogens with one attached hydrogen (secondary N) is 2. The van der Waals surface area contributed by atoms with Gasteiger partial charge in [0, 0.05) is 37.1 Å². The molecule has 1 amide bonds. The molecule has 4 atom stereocenters. The van der Waals surface area contributed by atoms with Crippen LogP contribution in [0.2, 0.25) is 0 Å². The highest BCUT2D eigenvalue weighted by Crippen LogP contribution is 2.17. The molecule has 0 spiro atoms. The van der Waals surface area contributed by atoms with Crippen LogP contribution in [-0.2, 0) is 22.6 Å². The number of aliphatic hydroxyl groups excluding tert-OH is 2. The average Bonchev–Trinajstić information content (AvgIpc) is 3.06. The van der Waals surface area contributed by atoms with Gasteiger partial charge in [0.25, 0.3) is 5.56 Å². The highest BCUT2D eigenvalue weighted by molar-refractivity contribution is 5.76. The van der Waals surface area contributed by atoms with Gasteiger partial charge in [-0.25, -0.2) is 4.79 Å². The zero-order valence-corrected chi connectivity index (χ0v) is 15.3. The van der Waals surface area contributed by atoms with E-state index in [1.165, 1.54) is 16.8 Å². The van der Waals surface area contributed by atoms with Gasteiger partial charge in [0.15, 0.2) is 0 Å². The number of ether oxygens (including phenoxy) is 1. The van der Waals surface area contributed by atoms with Gasteiger partial charge in [-0.2, -0.15) is 5.10 Å². The third-order valence-electron chi connectivity index (χ3n) is 4.73. The van der Waals surface area contributed by atoms with E-state index in [2.05, 4.69) is 15.4 Å². The third-order valence-corrected chi connectivity index (χ3v) is 4.73. The van der Waals surface area contributed by atoms with Gasteiger partial charge in [-0.15, -0.1) is 0 Å². The van der Waals surface area contributed by atoms with E-state index in [1.54, 1.807) is 10.9 Å². The molecule has 152 valence electrons. The Labute approximate surface area is 159 Å². The first-order valence-corrected chi connectivity index (χ1v) is 8.90. The Kier molecular flexibility index (Phi) is 6.07. The maximum absolute atomic E-state index is 12.1. The normalized spacial score (nSPS) is 24.8. The van der Waals surface area contributed by atoms with Gasteiger partial charge in [-0.1, -0.05) is 0 Å². The second-order valence-electron chi connectivity index (χ2n) is 6.74. The molecule has 1 aliphatic heterocycles. The first-order valence-electron chi connectivity index (χ1n) is 8.90. The maximum Gasteiger partial charge on any atom is 0.328 e. The standard InChI is InChI=1S/C17H23N5O6/c1-10-2-5-18-22(10)7-4-13(23)19-11-9-28-12(16(26)15(11)25)8-21-6-3-14(24)20-17(21)27/h2-3,5-6,11-12,15-16,25-26H,4,7-9H2,1H3,(H,19,23)(H,20,24,27)/t11-,12-,15+,16-/m1/s1. The Morgan fingerprint density at radius 3 is 2.82 bits per heavy atom. The minimum absolute atomic E-state index is 0.0203. The molecule has 0 aliphatic carbocycles. The van der Waals surface area contributed by atoms with Crippen molar-refractivity contribution in [2.45, 2.75) is 50.8 Å². The second-order valence-corrected chi connectivity index (χ2v) is 6.74. The molecule has 2 aromatic heterocycles. The summed E-state index contributed by atoms with van der Waals surface area (Å²) in [5.41, 5.74) is -0.230.